The number of hydrogen-bond acceptors (Lipinski definition) is 1. The number of allylic oxidation sites excluding steroid dienone is 5. The summed E-state index contributed by atoms with van der Waals surface area (Å²) in [4.78, 5) is 10.5. The van der Waals surface area contributed by atoms with Crippen molar-refractivity contribution in [2.24, 2.45) is 9.98 Å². The molecule has 0 aliphatic heterocycles. The van der Waals surface area contributed by atoms with Crippen molar-refractivity contribution in [3.8, 4) is 33.4 Å². The van der Waals surface area contributed by atoms with Crippen LogP contribution in [0.3, 0.4) is 0 Å². The molecule has 0 N–H and O–H groups in total. The fourth-order valence-corrected chi connectivity index (χ4v) is 9.11. The van der Waals surface area contributed by atoms with E-state index in [2.05, 4.69) is 172 Å². The van der Waals surface area contributed by atoms with E-state index < -0.39 is 0 Å². The molecule has 0 aromatic heterocycles. The molecule has 10 rings (SSSR count). The zero-order valence-electron chi connectivity index (χ0n) is 34.4. The summed E-state index contributed by atoms with van der Waals surface area (Å²) in [6.45, 7) is 6.43. The van der Waals surface area contributed by atoms with E-state index in [9.17, 15) is 0 Å². The van der Waals surface area contributed by atoms with Gasteiger partial charge in [-0.15, -0.1) is 0 Å². The molecule has 0 heterocycles. The fourth-order valence-electron chi connectivity index (χ4n) is 9.11. The molecule has 288 valence electrons. The predicted molar refractivity (Wildman–Crippen MR) is 257 cm³/mol. The summed E-state index contributed by atoms with van der Waals surface area (Å²) in [5.74, 6) is 0.704. The van der Waals surface area contributed by atoms with Crippen molar-refractivity contribution in [1.29, 1.82) is 0 Å². The summed E-state index contributed by atoms with van der Waals surface area (Å²) in [7, 11) is 0. The third-order valence-corrected chi connectivity index (χ3v) is 12.4. The lowest BCUT2D eigenvalue weighted by Gasteiger charge is -2.15. The van der Waals surface area contributed by atoms with Crippen LogP contribution in [0.5, 0.6) is 0 Å². The minimum atomic E-state index is 0.704. The van der Waals surface area contributed by atoms with Gasteiger partial charge in [-0.2, -0.15) is 0 Å². The SMILES string of the molecule is CC/C(C)=C(\N=C(N=C(C)c1ccccc1)c1ccccc1)c1ccc(-c2cccc3cccc(-c4ccc(-c5ccc6c7c(cccc57)C5=C6C=CCC5)cc4)c23)cc1. The maximum absolute atomic E-state index is 5.34. The first-order valence-corrected chi connectivity index (χ1v) is 21.2. The molecule has 0 radical (unpaired) electrons. The van der Waals surface area contributed by atoms with Crippen molar-refractivity contribution in [2.45, 2.75) is 40.0 Å². The summed E-state index contributed by atoms with van der Waals surface area (Å²) in [5.41, 5.74) is 19.3. The van der Waals surface area contributed by atoms with Gasteiger partial charge >= 0.3 is 0 Å². The molecule has 2 nitrogen and oxygen atoms in total. The van der Waals surface area contributed by atoms with E-state index >= 15 is 0 Å². The minimum Gasteiger partial charge on any atom is -0.233 e. The Morgan fingerprint density at radius 3 is 1.73 bits per heavy atom. The summed E-state index contributed by atoms with van der Waals surface area (Å²) in [6, 6.07) is 63.6. The first-order valence-electron chi connectivity index (χ1n) is 21.2. The molecule has 0 unspecified atom stereocenters. The minimum absolute atomic E-state index is 0.704. The molecule has 0 bridgehead atoms. The predicted octanol–water partition coefficient (Wildman–Crippen LogP) is 15.7. The Hall–Kier alpha value is -7.16. The smallest absolute Gasteiger partial charge is 0.160 e. The number of amidine groups is 1. The Morgan fingerprint density at radius 2 is 1.07 bits per heavy atom. The second kappa shape index (κ2) is 15.9. The van der Waals surface area contributed by atoms with Crippen LogP contribution in [0.1, 0.15) is 67.9 Å². The van der Waals surface area contributed by atoms with Gasteiger partial charge in [0.25, 0.3) is 0 Å². The zero-order valence-corrected chi connectivity index (χ0v) is 34.4. The summed E-state index contributed by atoms with van der Waals surface area (Å²) >= 11 is 0. The average molecular weight is 771 g/mol. The Balaban J connectivity index is 1.01. The van der Waals surface area contributed by atoms with E-state index in [-0.39, 0.29) is 0 Å². The normalized spacial score (nSPS) is 14.2. The third kappa shape index (κ3) is 6.74. The van der Waals surface area contributed by atoms with Crippen LogP contribution in [0.25, 0.3) is 71.8 Å². The third-order valence-electron chi connectivity index (χ3n) is 12.4. The molecule has 2 aliphatic carbocycles. The molecule has 0 atom stereocenters. The second-order valence-electron chi connectivity index (χ2n) is 15.9. The van der Waals surface area contributed by atoms with Gasteiger partial charge in [0.15, 0.2) is 5.84 Å². The van der Waals surface area contributed by atoms with Crippen LogP contribution in [0.4, 0.5) is 0 Å². The highest BCUT2D eigenvalue weighted by Crippen LogP contribution is 2.48. The fraction of sp³-hybridized carbons (Fsp3) is 0.103. The zero-order chi connectivity index (χ0) is 40.6. The Labute approximate surface area is 353 Å². The summed E-state index contributed by atoms with van der Waals surface area (Å²) in [5, 5.41) is 5.22. The quantitative estimate of drug-likeness (QED) is 0.109. The number of aliphatic imine (C=N–C) groups is 2. The van der Waals surface area contributed by atoms with Crippen molar-refractivity contribution >= 4 is 49.9 Å². The largest absolute Gasteiger partial charge is 0.233 e. The topological polar surface area (TPSA) is 24.7 Å². The molecule has 2 aliphatic rings. The molecule has 2 heteroatoms. The maximum Gasteiger partial charge on any atom is 0.160 e. The van der Waals surface area contributed by atoms with Gasteiger partial charge in [-0.1, -0.05) is 195 Å². The molecule has 60 heavy (non-hydrogen) atoms. The van der Waals surface area contributed by atoms with Crippen molar-refractivity contribution in [3.05, 3.63) is 221 Å². The Kier molecular flexibility index (Phi) is 9.83. The molecule has 8 aromatic carbocycles. The van der Waals surface area contributed by atoms with Crippen molar-refractivity contribution in [2.75, 3.05) is 0 Å². The number of rotatable bonds is 8. The lowest BCUT2D eigenvalue weighted by molar-refractivity contribution is 1.06. The van der Waals surface area contributed by atoms with E-state index in [4.69, 9.17) is 9.98 Å². The van der Waals surface area contributed by atoms with Crippen LogP contribution < -0.4 is 0 Å². The van der Waals surface area contributed by atoms with Gasteiger partial charge in [0.1, 0.15) is 0 Å². The van der Waals surface area contributed by atoms with Gasteiger partial charge < -0.3 is 0 Å². The van der Waals surface area contributed by atoms with Crippen LogP contribution in [0.15, 0.2) is 204 Å². The molecule has 0 saturated carbocycles. The number of nitrogens with zero attached hydrogens (tertiary/aromatic N) is 2. The van der Waals surface area contributed by atoms with E-state index in [0.717, 1.165) is 47.4 Å². The van der Waals surface area contributed by atoms with Gasteiger partial charge in [-0.25, -0.2) is 9.98 Å². The van der Waals surface area contributed by atoms with E-state index in [1.54, 1.807) is 0 Å². The molecule has 8 aromatic rings. The van der Waals surface area contributed by atoms with Gasteiger partial charge in [0.2, 0.25) is 0 Å². The van der Waals surface area contributed by atoms with Gasteiger partial charge in [-0.05, 0) is 121 Å². The van der Waals surface area contributed by atoms with Gasteiger partial charge in [0, 0.05) is 16.8 Å². The molecular formula is C58H46N2. The van der Waals surface area contributed by atoms with Crippen LogP contribution in [0.2, 0.25) is 0 Å². The van der Waals surface area contributed by atoms with Crippen molar-refractivity contribution in [1.82, 2.24) is 0 Å². The summed E-state index contributed by atoms with van der Waals surface area (Å²) in [6.07, 6.45) is 7.77. The highest BCUT2D eigenvalue weighted by atomic mass is 14.9. The lowest BCUT2D eigenvalue weighted by atomic mass is 9.89. The van der Waals surface area contributed by atoms with Crippen LogP contribution in [-0.2, 0) is 0 Å². The molecular weight excluding hydrogens is 725 g/mol. The second-order valence-corrected chi connectivity index (χ2v) is 15.9. The lowest BCUT2D eigenvalue weighted by Crippen LogP contribution is -2.04. The first-order chi connectivity index (χ1) is 29.6. The molecule has 0 spiro atoms. The Bertz CT molecular complexity index is 3080. The van der Waals surface area contributed by atoms with Crippen LogP contribution >= 0.6 is 0 Å². The standard InChI is InChI=1S/C58H46N2/c1-4-38(2)57(60-58(46-18-9-6-10-19-46)59-39(3)40-16-7-5-8-17-40)45-34-32-43(33-35-45)49-25-14-21-44-20-13-24-48(55(44)49)42-30-28-41(29-31-42)47-36-37-54-51-23-12-11-22-50(51)53-27-15-26-52(47)56(53)54/h5-10,12-21,23-37H,4,11,22H2,1-3H3/b57-38-,59-39?,60-58?. The summed E-state index contributed by atoms with van der Waals surface area (Å²) < 4.78 is 0. The maximum atomic E-state index is 5.34. The first kappa shape index (κ1) is 37.1. The molecule has 0 saturated heterocycles. The van der Waals surface area contributed by atoms with Gasteiger partial charge in [-0.3, -0.25) is 0 Å². The number of hydrogen-bond donors (Lipinski definition) is 0. The number of fused-ring (bicyclic) bond motifs is 3. The highest BCUT2D eigenvalue weighted by Gasteiger charge is 2.25. The van der Waals surface area contributed by atoms with Crippen LogP contribution in [-0.4, -0.2) is 11.5 Å². The monoisotopic (exact) mass is 770 g/mol. The van der Waals surface area contributed by atoms with Crippen molar-refractivity contribution < 1.29 is 0 Å². The highest BCUT2D eigenvalue weighted by molar-refractivity contribution is 6.19. The van der Waals surface area contributed by atoms with E-state index in [0.29, 0.717) is 5.84 Å². The molecule has 0 fully saturated rings. The van der Waals surface area contributed by atoms with E-state index in [1.165, 1.54) is 82.8 Å². The van der Waals surface area contributed by atoms with Gasteiger partial charge in [0.05, 0.1) is 5.70 Å². The Morgan fingerprint density at radius 1 is 0.483 bits per heavy atom. The van der Waals surface area contributed by atoms with E-state index in [1.807, 2.05) is 36.4 Å². The van der Waals surface area contributed by atoms with Crippen molar-refractivity contribution in [3.63, 3.8) is 0 Å². The number of benzene rings is 8. The molecule has 0 amide bonds. The van der Waals surface area contributed by atoms with Crippen LogP contribution in [0, 0.1) is 0 Å². The average Bonchev–Trinajstić information content (AvgIpc) is 3.65.